The Morgan fingerprint density at radius 3 is 2.78 bits per heavy atom. The van der Waals surface area contributed by atoms with E-state index in [0.29, 0.717) is 25.2 Å². The first-order chi connectivity index (χ1) is 13.0. The van der Waals surface area contributed by atoms with Crippen LogP contribution >= 0.6 is 0 Å². The Morgan fingerprint density at radius 1 is 1.33 bits per heavy atom. The van der Waals surface area contributed by atoms with Crippen LogP contribution in [0.25, 0.3) is 0 Å². The molecular formula is C20H29N3O3S. The van der Waals surface area contributed by atoms with Crippen molar-refractivity contribution in [2.45, 2.75) is 51.5 Å². The molecule has 1 aromatic rings. The van der Waals surface area contributed by atoms with Crippen molar-refractivity contribution in [3.8, 4) is 0 Å². The molecule has 2 heterocycles. The van der Waals surface area contributed by atoms with Gasteiger partial charge in [0, 0.05) is 19.1 Å². The van der Waals surface area contributed by atoms with Crippen molar-refractivity contribution in [3.63, 3.8) is 0 Å². The number of sulfone groups is 1. The average Bonchev–Trinajstić information content (AvgIpc) is 3.03. The van der Waals surface area contributed by atoms with Crippen LogP contribution in [0, 0.1) is 0 Å². The Hall–Kier alpha value is -1.89. The largest absolute Gasteiger partial charge is 0.367 e. The fourth-order valence-corrected chi connectivity index (χ4v) is 5.65. The van der Waals surface area contributed by atoms with Crippen molar-refractivity contribution in [1.82, 2.24) is 10.3 Å². The summed E-state index contributed by atoms with van der Waals surface area (Å²) in [5.74, 6) is 0.279. The minimum absolute atomic E-state index is 0.00903. The Labute approximate surface area is 162 Å². The maximum absolute atomic E-state index is 12.3. The molecule has 6 nitrogen and oxygen atoms in total. The number of nitrogens with one attached hydrogen (secondary N) is 1. The summed E-state index contributed by atoms with van der Waals surface area (Å²) in [6.45, 7) is 3.35. The number of rotatable bonds is 7. The van der Waals surface area contributed by atoms with Gasteiger partial charge >= 0.3 is 0 Å². The minimum atomic E-state index is -2.93. The SMILES string of the molecule is CCN(c1ccc(C(=O)NCCC2=CCCCC2)nc1)C1CCS(=O)(=O)C1. The summed E-state index contributed by atoms with van der Waals surface area (Å²) in [5.41, 5.74) is 2.70. The van der Waals surface area contributed by atoms with E-state index in [1.165, 1.54) is 18.4 Å². The number of allylic oxidation sites excluding steroid dienone is 1. The van der Waals surface area contributed by atoms with E-state index < -0.39 is 9.84 Å². The highest BCUT2D eigenvalue weighted by Crippen LogP contribution is 2.24. The summed E-state index contributed by atoms with van der Waals surface area (Å²) in [4.78, 5) is 18.7. The van der Waals surface area contributed by atoms with E-state index in [1.807, 2.05) is 13.0 Å². The lowest BCUT2D eigenvalue weighted by atomic mass is 9.97. The van der Waals surface area contributed by atoms with Gasteiger partial charge in [-0.3, -0.25) is 4.79 Å². The lowest BCUT2D eigenvalue weighted by molar-refractivity contribution is 0.0949. The molecule has 2 aliphatic rings. The number of anilines is 1. The molecule has 1 fully saturated rings. The van der Waals surface area contributed by atoms with Crippen LogP contribution in [0.1, 0.15) is 55.9 Å². The van der Waals surface area contributed by atoms with Gasteiger partial charge in [-0.2, -0.15) is 0 Å². The van der Waals surface area contributed by atoms with E-state index in [2.05, 4.69) is 21.3 Å². The fraction of sp³-hybridized carbons (Fsp3) is 0.600. The summed E-state index contributed by atoms with van der Waals surface area (Å²) in [6, 6.07) is 3.57. The second-order valence-corrected chi connectivity index (χ2v) is 9.59. The Kier molecular flexibility index (Phi) is 6.52. The quantitative estimate of drug-likeness (QED) is 0.723. The third kappa shape index (κ3) is 5.31. The van der Waals surface area contributed by atoms with Gasteiger partial charge in [0.2, 0.25) is 0 Å². The molecule has 3 rings (SSSR count). The molecule has 1 aliphatic heterocycles. The normalized spacial score (nSPS) is 21.5. The lowest BCUT2D eigenvalue weighted by Gasteiger charge is -2.28. The molecule has 0 aromatic carbocycles. The van der Waals surface area contributed by atoms with E-state index in [0.717, 1.165) is 24.9 Å². The van der Waals surface area contributed by atoms with Crippen LogP contribution in [-0.2, 0) is 9.84 Å². The number of aromatic nitrogens is 1. The average molecular weight is 392 g/mol. The number of hydrogen-bond acceptors (Lipinski definition) is 5. The van der Waals surface area contributed by atoms with Crippen LogP contribution in [0.15, 0.2) is 30.0 Å². The third-order valence-electron chi connectivity index (χ3n) is 5.42. The van der Waals surface area contributed by atoms with E-state index in [9.17, 15) is 13.2 Å². The molecule has 148 valence electrons. The predicted molar refractivity (Wildman–Crippen MR) is 108 cm³/mol. The summed E-state index contributed by atoms with van der Waals surface area (Å²) in [6.07, 6.45) is 10.3. The zero-order valence-electron chi connectivity index (χ0n) is 16.0. The van der Waals surface area contributed by atoms with Gasteiger partial charge in [-0.05, 0) is 57.6 Å². The highest BCUT2D eigenvalue weighted by Gasteiger charge is 2.32. The van der Waals surface area contributed by atoms with Gasteiger partial charge in [0.25, 0.3) is 5.91 Å². The van der Waals surface area contributed by atoms with E-state index in [4.69, 9.17) is 0 Å². The summed E-state index contributed by atoms with van der Waals surface area (Å²) in [5, 5.41) is 2.94. The van der Waals surface area contributed by atoms with Crippen LogP contribution < -0.4 is 10.2 Å². The third-order valence-corrected chi connectivity index (χ3v) is 7.17. The molecule has 1 saturated heterocycles. The van der Waals surface area contributed by atoms with Gasteiger partial charge in [-0.1, -0.05) is 11.6 Å². The number of nitrogens with zero attached hydrogens (tertiary/aromatic N) is 2. The molecule has 27 heavy (non-hydrogen) atoms. The minimum Gasteiger partial charge on any atom is -0.367 e. The van der Waals surface area contributed by atoms with Crippen molar-refractivity contribution in [1.29, 1.82) is 0 Å². The van der Waals surface area contributed by atoms with Gasteiger partial charge in [-0.15, -0.1) is 0 Å². The highest BCUT2D eigenvalue weighted by atomic mass is 32.2. The van der Waals surface area contributed by atoms with Crippen molar-refractivity contribution < 1.29 is 13.2 Å². The predicted octanol–water partition coefficient (Wildman–Crippen LogP) is 2.72. The first-order valence-corrected chi connectivity index (χ1v) is 11.7. The maximum Gasteiger partial charge on any atom is 0.269 e. The number of amides is 1. The van der Waals surface area contributed by atoms with Crippen LogP contribution in [-0.4, -0.2) is 49.9 Å². The topological polar surface area (TPSA) is 79.4 Å². The van der Waals surface area contributed by atoms with Crippen molar-refractivity contribution >= 4 is 21.4 Å². The monoisotopic (exact) mass is 391 g/mol. The Bertz CT molecular complexity index is 787. The zero-order chi connectivity index (χ0) is 19.3. The smallest absolute Gasteiger partial charge is 0.269 e. The molecule has 0 saturated carbocycles. The van der Waals surface area contributed by atoms with Gasteiger partial charge in [-0.25, -0.2) is 13.4 Å². The van der Waals surface area contributed by atoms with E-state index >= 15 is 0 Å². The van der Waals surface area contributed by atoms with Crippen molar-refractivity contribution in [2.24, 2.45) is 0 Å². The molecule has 0 spiro atoms. The van der Waals surface area contributed by atoms with Crippen molar-refractivity contribution in [2.75, 3.05) is 29.5 Å². The van der Waals surface area contributed by atoms with Crippen LogP contribution in [0.4, 0.5) is 5.69 Å². The molecule has 1 amide bonds. The zero-order valence-corrected chi connectivity index (χ0v) is 16.8. The number of pyridine rings is 1. The molecule has 1 aliphatic carbocycles. The Morgan fingerprint density at radius 2 is 2.19 bits per heavy atom. The summed E-state index contributed by atoms with van der Waals surface area (Å²) < 4.78 is 23.5. The summed E-state index contributed by atoms with van der Waals surface area (Å²) >= 11 is 0. The van der Waals surface area contributed by atoms with Gasteiger partial charge in [0.15, 0.2) is 9.84 Å². The van der Waals surface area contributed by atoms with Crippen LogP contribution in [0.2, 0.25) is 0 Å². The second-order valence-electron chi connectivity index (χ2n) is 7.36. The van der Waals surface area contributed by atoms with Crippen LogP contribution in [0.3, 0.4) is 0 Å². The molecule has 1 unspecified atom stereocenters. The molecule has 1 N–H and O–H groups in total. The van der Waals surface area contributed by atoms with E-state index in [1.54, 1.807) is 12.3 Å². The van der Waals surface area contributed by atoms with Crippen molar-refractivity contribution in [3.05, 3.63) is 35.7 Å². The molecular weight excluding hydrogens is 362 g/mol. The Balaban J connectivity index is 1.55. The standard InChI is InChI=1S/C20H29N3O3S/c1-2-23(18-11-13-27(25,26)15-18)17-8-9-19(22-14-17)20(24)21-12-10-16-6-4-3-5-7-16/h6,8-9,14,18H,2-5,7,10-13,15H2,1H3,(H,21,24). The first kappa shape index (κ1) is 19.9. The highest BCUT2D eigenvalue weighted by molar-refractivity contribution is 7.91. The maximum atomic E-state index is 12.3. The van der Waals surface area contributed by atoms with Crippen LogP contribution in [0.5, 0.6) is 0 Å². The molecule has 1 atom stereocenters. The molecule has 0 radical (unpaired) electrons. The molecule has 0 bridgehead atoms. The van der Waals surface area contributed by atoms with Gasteiger partial charge < -0.3 is 10.2 Å². The number of carbonyl (C=O) groups is 1. The fourth-order valence-electron chi connectivity index (χ4n) is 3.92. The molecule has 1 aromatic heterocycles. The second kappa shape index (κ2) is 8.87. The number of hydrogen-bond donors (Lipinski definition) is 1. The van der Waals surface area contributed by atoms with Gasteiger partial charge in [0.05, 0.1) is 23.4 Å². The number of carbonyl (C=O) groups excluding carboxylic acids is 1. The van der Waals surface area contributed by atoms with E-state index in [-0.39, 0.29) is 23.5 Å². The lowest BCUT2D eigenvalue weighted by Crippen LogP contribution is -2.36. The van der Waals surface area contributed by atoms with Gasteiger partial charge in [0.1, 0.15) is 5.69 Å². The first-order valence-electron chi connectivity index (χ1n) is 9.88. The molecule has 7 heteroatoms. The summed E-state index contributed by atoms with van der Waals surface area (Å²) in [7, 11) is -2.93.